The van der Waals surface area contributed by atoms with Crippen LogP contribution in [0, 0.1) is 5.82 Å². The molecule has 0 fully saturated rings. The van der Waals surface area contributed by atoms with Gasteiger partial charge in [-0.1, -0.05) is 56.3 Å². The zero-order valence-corrected chi connectivity index (χ0v) is 22.1. The minimum Gasteiger partial charge on any atom is -1.00 e. The molecular formula is C26H30FNaO4S. The number of allylic oxidation sites excluding steroid dienone is 1. The number of benzene rings is 2. The Labute approximate surface area is 222 Å². The first-order valence-corrected chi connectivity index (χ1v) is 11.7. The maximum absolute atomic E-state index is 13.7. The topological polar surface area (TPSA) is 77.8 Å². The summed E-state index contributed by atoms with van der Waals surface area (Å²) in [6.45, 7) is 4.27. The summed E-state index contributed by atoms with van der Waals surface area (Å²) in [5.74, 6) is -1.41. The van der Waals surface area contributed by atoms with Crippen LogP contribution in [-0.2, 0) is 4.79 Å². The molecule has 1 aliphatic rings. The number of carboxylic acid groups (broad SMARTS) is 1. The van der Waals surface area contributed by atoms with Crippen LogP contribution in [0.1, 0.15) is 52.1 Å². The van der Waals surface area contributed by atoms with E-state index in [1.165, 1.54) is 12.1 Å². The summed E-state index contributed by atoms with van der Waals surface area (Å²) in [5.41, 5.74) is 3.98. The minimum absolute atomic E-state index is 0. The molecule has 33 heavy (non-hydrogen) atoms. The fourth-order valence-electron chi connectivity index (χ4n) is 4.19. The van der Waals surface area contributed by atoms with Crippen molar-refractivity contribution >= 4 is 23.3 Å². The van der Waals surface area contributed by atoms with Crippen LogP contribution in [0.15, 0.2) is 71.2 Å². The van der Waals surface area contributed by atoms with Gasteiger partial charge in [0.2, 0.25) is 0 Å². The predicted octanol–water partition coefficient (Wildman–Crippen LogP) is 2.55. The molecule has 2 unspecified atom stereocenters. The number of carbonyl (C=O) groups is 1. The molecule has 0 aromatic heterocycles. The van der Waals surface area contributed by atoms with Gasteiger partial charge in [-0.2, -0.15) is 0 Å². The summed E-state index contributed by atoms with van der Waals surface area (Å²) in [4.78, 5) is 12.0. The maximum atomic E-state index is 13.7. The smallest absolute Gasteiger partial charge is 1.00 e. The molecule has 0 saturated heterocycles. The predicted molar refractivity (Wildman–Crippen MR) is 127 cm³/mol. The summed E-state index contributed by atoms with van der Waals surface area (Å²) in [7, 11) is 0. The van der Waals surface area contributed by atoms with Gasteiger partial charge in [-0.25, -0.2) is 4.39 Å². The van der Waals surface area contributed by atoms with Crippen molar-refractivity contribution in [3.05, 3.63) is 83.2 Å². The van der Waals surface area contributed by atoms with Gasteiger partial charge in [0.05, 0.1) is 18.6 Å². The van der Waals surface area contributed by atoms with Gasteiger partial charge in [0.1, 0.15) is 5.82 Å². The zero-order valence-electron chi connectivity index (χ0n) is 20.3. The van der Waals surface area contributed by atoms with Crippen molar-refractivity contribution in [1.29, 1.82) is 0 Å². The van der Waals surface area contributed by atoms with Crippen molar-refractivity contribution in [2.45, 2.75) is 61.4 Å². The summed E-state index contributed by atoms with van der Waals surface area (Å²) >= 11 is 1.80. The van der Waals surface area contributed by atoms with Crippen molar-refractivity contribution in [2.75, 3.05) is 0 Å². The molecule has 2 aromatic rings. The Bertz CT molecular complexity index is 1020. The molecule has 0 aliphatic carbocycles. The van der Waals surface area contributed by atoms with E-state index >= 15 is 0 Å². The van der Waals surface area contributed by atoms with Gasteiger partial charge in [-0.15, -0.1) is 11.8 Å². The Morgan fingerprint density at radius 1 is 1.12 bits per heavy atom. The Kier molecular flexibility index (Phi) is 10.4. The van der Waals surface area contributed by atoms with E-state index in [4.69, 9.17) is 5.11 Å². The van der Waals surface area contributed by atoms with Gasteiger partial charge >= 0.3 is 35.5 Å². The van der Waals surface area contributed by atoms with Crippen LogP contribution in [0.2, 0.25) is 0 Å². The second kappa shape index (κ2) is 12.3. The third-order valence-corrected chi connectivity index (χ3v) is 7.67. The zero-order chi connectivity index (χ0) is 23.3. The van der Waals surface area contributed by atoms with E-state index in [0.29, 0.717) is 0 Å². The molecule has 3 rings (SSSR count). The number of halogens is 1. The number of thioether (sulfide) groups is 1. The quantitative estimate of drug-likeness (QED) is 0.481. The average Bonchev–Trinajstić information content (AvgIpc) is 2.76. The number of hydrogen-bond acceptors (Lipinski definition) is 4. The number of rotatable bonds is 9. The van der Waals surface area contributed by atoms with Crippen LogP contribution >= 0.6 is 11.8 Å². The molecule has 0 saturated carbocycles. The Balaban J connectivity index is 0.00000289. The number of aliphatic hydroxyl groups is 2. The van der Waals surface area contributed by atoms with Gasteiger partial charge in [0.25, 0.3) is 0 Å². The Morgan fingerprint density at radius 2 is 1.76 bits per heavy atom. The molecule has 0 amide bonds. The minimum atomic E-state index is -1.12. The van der Waals surface area contributed by atoms with Crippen LogP contribution in [0.5, 0.6) is 0 Å². The van der Waals surface area contributed by atoms with E-state index in [0.717, 1.165) is 40.0 Å². The largest absolute Gasteiger partial charge is 1.00 e. The molecule has 172 valence electrons. The van der Waals surface area contributed by atoms with Gasteiger partial charge in [0.15, 0.2) is 0 Å². The average molecular weight is 481 g/mol. The standard InChI is InChI=1S/C26H29FO4S.Na.H/c1-3-26(4-2)22(14-13-19(28)15-20(29)16-24(30)31)25(17-9-11-18(27)12-10-17)21-7-5-6-8-23(21)32-26;;/h5-14,19-20,28-29H,3-4,15-16H2,1-2H3,(H,30,31);;/q;+1;-1/b14-13+;;. The van der Waals surface area contributed by atoms with Crippen molar-refractivity contribution < 1.29 is 55.5 Å². The molecule has 3 N–H and O–H groups in total. The van der Waals surface area contributed by atoms with Crippen molar-refractivity contribution in [2.24, 2.45) is 0 Å². The van der Waals surface area contributed by atoms with Crippen molar-refractivity contribution in [3.8, 4) is 0 Å². The molecule has 4 nitrogen and oxygen atoms in total. The normalized spacial score (nSPS) is 16.8. The van der Waals surface area contributed by atoms with Crippen molar-refractivity contribution in [1.82, 2.24) is 0 Å². The van der Waals surface area contributed by atoms with Crippen LogP contribution < -0.4 is 29.6 Å². The first-order valence-electron chi connectivity index (χ1n) is 10.8. The number of hydrogen-bond donors (Lipinski definition) is 3. The first-order chi connectivity index (χ1) is 15.3. The molecule has 1 heterocycles. The van der Waals surface area contributed by atoms with Crippen molar-refractivity contribution in [3.63, 3.8) is 0 Å². The third kappa shape index (κ3) is 6.59. The van der Waals surface area contributed by atoms with E-state index in [2.05, 4.69) is 26.0 Å². The second-order valence-electron chi connectivity index (χ2n) is 8.01. The fraction of sp³-hybridized carbons (Fsp3) is 0.346. The summed E-state index contributed by atoms with van der Waals surface area (Å²) in [6.07, 6.45) is 2.64. The number of carboxylic acids is 1. The third-order valence-electron chi connectivity index (χ3n) is 5.91. The SMILES string of the molecule is CCC1(CC)Sc2ccccc2C(c2ccc(F)cc2)=C1/C=C/C(O)CC(O)CC(=O)O.[H-].[Na+]. The van der Waals surface area contributed by atoms with Crippen LogP contribution in [0.3, 0.4) is 0 Å². The molecule has 0 bridgehead atoms. The van der Waals surface area contributed by atoms with Gasteiger partial charge in [0, 0.05) is 16.1 Å². The first kappa shape index (κ1) is 27.8. The molecular weight excluding hydrogens is 450 g/mol. The van der Waals surface area contributed by atoms with E-state index < -0.39 is 24.6 Å². The number of fused-ring (bicyclic) bond motifs is 1. The maximum Gasteiger partial charge on any atom is 1.00 e. The molecule has 1 aliphatic heterocycles. The van der Waals surface area contributed by atoms with E-state index in [-0.39, 0.29) is 48.0 Å². The Hall–Kier alpha value is -1.41. The monoisotopic (exact) mass is 480 g/mol. The molecule has 0 radical (unpaired) electrons. The number of aliphatic hydroxyl groups excluding tert-OH is 2. The van der Waals surface area contributed by atoms with Crippen LogP contribution in [-0.4, -0.2) is 38.2 Å². The molecule has 0 spiro atoms. The Morgan fingerprint density at radius 3 is 2.36 bits per heavy atom. The second-order valence-corrected chi connectivity index (χ2v) is 9.43. The van der Waals surface area contributed by atoms with Crippen LogP contribution in [0.4, 0.5) is 4.39 Å². The van der Waals surface area contributed by atoms with Crippen LogP contribution in [0.25, 0.3) is 5.57 Å². The molecule has 2 aromatic carbocycles. The van der Waals surface area contributed by atoms with E-state index in [9.17, 15) is 19.4 Å². The van der Waals surface area contributed by atoms with Gasteiger partial charge in [-0.05, 0) is 53.3 Å². The molecule has 2 atom stereocenters. The summed E-state index contributed by atoms with van der Waals surface area (Å²) in [5, 5.41) is 29.2. The summed E-state index contributed by atoms with van der Waals surface area (Å²) < 4.78 is 13.4. The van der Waals surface area contributed by atoms with E-state index in [1.807, 2.05) is 18.2 Å². The van der Waals surface area contributed by atoms with Gasteiger partial charge in [-0.3, -0.25) is 4.79 Å². The van der Waals surface area contributed by atoms with Gasteiger partial charge < -0.3 is 16.7 Å². The summed E-state index contributed by atoms with van der Waals surface area (Å²) in [6, 6.07) is 14.6. The number of aliphatic carboxylic acids is 1. The van der Waals surface area contributed by atoms with E-state index in [1.54, 1.807) is 30.0 Å². The molecule has 7 heteroatoms. The fourth-order valence-corrected chi connectivity index (χ4v) is 5.60.